The Kier molecular flexibility index (Phi) is 5.94. The molecule has 1 aliphatic rings. The van der Waals surface area contributed by atoms with Gasteiger partial charge in [-0.2, -0.15) is 0 Å². The Morgan fingerprint density at radius 3 is 3.03 bits per heavy atom. The standard InChI is InChI=1S/C22H26N4O2S/c1-3-28-17-8-9-20-19(12-17)15(2)24-22(25-20)26-10-4-6-16(14-26)21(27)23-13-18-7-5-11-29-18/h5,7-9,11-12,16H,3-4,6,10,13-14H2,1-2H3,(H,23,27)/t16-/m0/s1. The van der Waals surface area contributed by atoms with Crippen molar-refractivity contribution in [2.45, 2.75) is 33.2 Å². The molecule has 0 saturated carbocycles. The van der Waals surface area contributed by atoms with Gasteiger partial charge in [0.1, 0.15) is 5.75 Å². The van der Waals surface area contributed by atoms with Crippen LogP contribution in [0.2, 0.25) is 0 Å². The van der Waals surface area contributed by atoms with Gasteiger partial charge in [-0.3, -0.25) is 4.79 Å². The van der Waals surface area contributed by atoms with Crippen LogP contribution in [0.15, 0.2) is 35.7 Å². The molecule has 1 N–H and O–H groups in total. The molecule has 2 aromatic heterocycles. The normalized spacial score (nSPS) is 16.8. The third kappa shape index (κ3) is 4.50. The molecule has 1 amide bonds. The summed E-state index contributed by atoms with van der Waals surface area (Å²) in [6, 6.07) is 9.97. The maximum atomic E-state index is 12.7. The zero-order valence-electron chi connectivity index (χ0n) is 16.9. The number of rotatable bonds is 6. The van der Waals surface area contributed by atoms with Crippen LogP contribution in [0.4, 0.5) is 5.95 Å². The second-order valence-corrected chi connectivity index (χ2v) is 8.34. The number of aromatic nitrogens is 2. The van der Waals surface area contributed by atoms with E-state index in [1.807, 2.05) is 49.6 Å². The third-order valence-corrected chi connectivity index (χ3v) is 6.13. The molecule has 6 nitrogen and oxygen atoms in total. The molecule has 1 aromatic carbocycles. The number of hydrogen-bond acceptors (Lipinski definition) is 6. The number of benzene rings is 1. The molecular formula is C22H26N4O2S. The summed E-state index contributed by atoms with van der Waals surface area (Å²) in [5, 5.41) is 6.11. The van der Waals surface area contributed by atoms with Crippen LogP contribution >= 0.6 is 11.3 Å². The number of fused-ring (bicyclic) bond motifs is 1. The van der Waals surface area contributed by atoms with E-state index in [1.54, 1.807) is 11.3 Å². The Bertz CT molecular complexity index is 990. The summed E-state index contributed by atoms with van der Waals surface area (Å²) in [6.45, 7) is 6.72. The van der Waals surface area contributed by atoms with E-state index in [0.29, 0.717) is 25.6 Å². The van der Waals surface area contributed by atoms with Gasteiger partial charge in [0.2, 0.25) is 11.9 Å². The molecule has 3 heterocycles. The lowest BCUT2D eigenvalue weighted by molar-refractivity contribution is -0.125. The first-order valence-corrected chi connectivity index (χ1v) is 11.0. The van der Waals surface area contributed by atoms with Crippen molar-refractivity contribution in [3.8, 4) is 5.75 Å². The Balaban J connectivity index is 1.48. The second-order valence-electron chi connectivity index (χ2n) is 7.30. The number of anilines is 1. The highest BCUT2D eigenvalue weighted by Gasteiger charge is 2.27. The predicted octanol–water partition coefficient (Wildman–Crippen LogP) is 3.93. The molecular weight excluding hydrogens is 384 g/mol. The van der Waals surface area contributed by atoms with Gasteiger partial charge in [0.05, 0.1) is 30.3 Å². The molecule has 0 unspecified atom stereocenters. The summed E-state index contributed by atoms with van der Waals surface area (Å²) >= 11 is 1.66. The first-order chi connectivity index (χ1) is 14.1. The van der Waals surface area contributed by atoms with E-state index >= 15 is 0 Å². The number of aryl methyl sites for hydroxylation is 1. The first kappa shape index (κ1) is 19.6. The van der Waals surface area contributed by atoms with E-state index in [1.165, 1.54) is 4.88 Å². The zero-order chi connectivity index (χ0) is 20.2. The number of carbonyl (C=O) groups excluding carboxylic acids is 1. The molecule has 29 heavy (non-hydrogen) atoms. The summed E-state index contributed by atoms with van der Waals surface area (Å²) in [5.41, 5.74) is 1.83. The average Bonchev–Trinajstić information content (AvgIpc) is 3.26. The highest BCUT2D eigenvalue weighted by atomic mass is 32.1. The maximum absolute atomic E-state index is 12.7. The van der Waals surface area contributed by atoms with Crippen LogP contribution in [0, 0.1) is 12.8 Å². The lowest BCUT2D eigenvalue weighted by Gasteiger charge is -2.32. The number of amides is 1. The van der Waals surface area contributed by atoms with Crippen molar-refractivity contribution in [1.29, 1.82) is 0 Å². The van der Waals surface area contributed by atoms with Crippen LogP contribution in [0.1, 0.15) is 30.3 Å². The van der Waals surface area contributed by atoms with Crippen molar-refractivity contribution in [3.63, 3.8) is 0 Å². The molecule has 0 aliphatic carbocycles. The lowest BCUT2D eigenvalue weighted by atomic mass is 9.97. The number of ether oxygens (including phenoxy) is 1. The summed E-state index contributed by atoms with van der Waals surface area (Å²) < 4.78 is 5.60. The van der Waals surface area contributed by atoms with Gasteiger partial charge in [-0.05, 0) is 56.3 Å². The third-order valence-electron chi connectivity index (χ3n) is 5.25. The molecule has 1 saturated heterocycles. The van der Waals surface area contributed by atoms with E-state index in [-0.39, 0.29) is 11.8 Å². The smallest absolute Gasteiger partial charge is 0.226 e. The van der Waals surface area contributed by atoms with Crippen LogP contribution < -0.4 is 15.0 Å². The van der Waals surface area contributed by atoms with Crippen molar-refractivity contribution in [3.05, 3.63) is 46.3 Å². The summed E-state index contributed by atoms with van der Waals surface area (Å²) in [7, 11) is 0. The van der Waals surface area contributed by atoms with Crippen LogP contribution in [-0.4, -0.2) is 35.6 Å². The average molecular weight is 411 g/mol. The predicted molar refractivity (Wildman–Crippen MR) is 117 cm³/mol. The van der Waals surface area contributed by atoms with E-state index in [0.717, 1.165) is 41.7 Å². The molecule has 0 bridgehead atoms. The van der Waals surface area contributed by atoms with Gasteiger partial charge in [0.25, 0.3) is 0 Å². The Morgan fingerprint density at radius 2 is 2.24 bits per heavy atom. The monoisotopic (exact) mass is 410 g/mol. The van der Waals surface area contributed by atoms with Gasteiger partial charge in [0.15, 0.2) is 0 Å². The van der Waals surface area contributed by atoms with Crippen molar-refractivity contribution < 1.29 is 9.53 Å². The van der Waals surface area contributed by atoms with Gasteiger partial charge >= 0.3 is 0 Å². The minimum absolute atomic E-state index is 0.0383. The SMILES string of the molecule is CCOc1ccc2nc(N3CCC[C@H](C(=O)NCc4cccs4)C3)nc(C)c2c1. The Morgan fingerprint density at radius 1 is 1.34 bits per heavy atom. The fourth-order valence-corrected chi connectivity index (χ4v) is 4.39. The highest BCUT2D eigenvalue weighted by Crippen LogP contribution is 2.26. The van der Waals surface area contributed by atoms with E-state index in [4.69, 9.17) is 14.7 Å². The minimum Gasteiger partial charge on any atom is -0.494 e. The van der Waals surface area contributed by atoms with Crippen LogP contribution in [-0.2, 0) is 11.3 Å². The maximum Gasteiger partial charge on any atom is 0.226 e. The largest absolute Gasteiger partial charge is 0.494 e. The van der Waals surface area contributed by atoms with E-state index < -0.39 is 0 Å². The number of thiophene rings is 1. The summed E-state index contributed by atoms with van der Waals surface area (Å²) in [6.07, 6.45) is 1.86. The van der Waals surface area contributed by atoms with Gasteiger partial charge in [0, 0.05) is 23.4 Å². The highest BCUT2D eigenvalue weighted by molar-refractivity contribution is 7.09. The number of carbonyl (C=O) groups is 1. The molecule has 152 valence electrons. The zero-order valence-corrected chi connectivity index (χ0v) is 17.7. The fourth-order valence-electron chi connectivity index (χ4n) is 3.75. The molecule has 0 spiro atoms. The van der Waals surface area contributed by atoms with Crippen molar-refractivity contribution >= 4 is 34.1 Å². The van der Waals surface area contributed by atoms with Crippen molar-refractivity contribution in [2.75, 3.05) is 24.6 Å². The fraction of sp³-hybridized carbons (Fsp3) is 0.409. The number of hydrogen-bond donors (Lipinski definition) is 1. The molecule has 1 atom stereocenters. The molecule has 7 heteroatoms. The van der Waals surface area contributed by atoms with E-state index in [9.17, 15) is 4.79 Å². The quantitative estimate of drug-likeness (QED) is 0.667. The molecule has 0 radical (unpaired) electrons. The van der Waals surface area contributed by atoms with Crippen LogP contribution in [0.5, 0.6) is 5.75 Å². The Labute approximate surface area is 174 Å². The number of piperidine rings is 1. The van der Waals surface area contributed by atoms with Crippen molar-refractivity contribution in [1.82, 2.24) is 15.3 Å². The molecule has 1 fully saturated rings. The Hall–Kier alpha value is -2.67. The lowest BCUT2D eigenvalue weighted by Crippen LogP contribution is -2.43. The first-order valence-electron chi connectivity index (χ1n) is 10.1. The topological polar surface area (TPSA) is 67.3 Å². The van der Waals surface area contributed by atoms with Crippen LogP contribution in [0.25, 0.3) is 10.9 Å². The van der Waals surface area contributed by atoms with E-state index in [2.05, 4.69) is 10.2 Å². The molecule has 3 aromatic rings. The van der Waals surface area contributed by atoms with Gasteiger partial charge in [-0.25, -0.2) is 9.97 Å². The second kappa shape index (κ2) is 8.78. The van der Waals surface area contributed by atoms with Crippen LogP contribution in [0.3, 0.4) is 0 Å². The van der Waals surface area contributed by atoms with Gasteiger partial charge in [-0.1, -0.05) is 6.07 Å². The summed E-state index contributed by atoms with van der Waals surface area (Å²) in [5.74, 6) is 1.61. The minimum atomic E-state index is -0.0383. The van der Waals surface area contributed by atoms with Crippen molar-refractivity contribution in [2.24, 2.45) is 5.92 Å². The molecule has 4 rings (SSSR count). The number of nitrogens with zero attached hydrogens (tertiary/aromatic N) is 3. The molecule has 1 aliphatic heterocycles. The van der Waals surface area contributed by atoms with Gasteiger partial charge in [-0.15, -0.1) is 11.3 Å². The summed E-state index contributed by atoms with van der Waals surface area (Å²) in [4.78, 5) is 25.5. The number of nitrogens with one attached hydrogen (secondary N) is 1. The van der Waals surface area contributed by atoms with Gasteiger partial charge < -0.3 is 15.0 Å².